The van der Waals surface area contributed by atoms with Crippen LogP contribution in [0.3, 0.4) is 0 Å². The van der Waals surface area contributed by atoms with Gasteiger partial charge in [0.1, 0.15) is 17.6 Å². The van der Waals surface area contributed by atoms with Crippen LogP contribution in [0.15, 0.2) is 43.0 Å². The van der Waals surface area contributed by atoms with Crippen molar-refractivity contribution in [1.29, 1.82) is 0 Å². The summed E-state index contributed by atoms with van der Waals surface area (Å²) in [6.07, 6.45) is 4.51. The molecule has 1 aromatic carbocycles. The molecule has 2 N–H and O–H groups in total. The summed E-state index contributed by atoms with van der Waals surface area (Å²) in [5.74, 6) is -1.03. The van der Waals surface area contributed by atoms with Crippen molar-refractivity contribution < 1.29 is 33.0 Å². The molecule has 0 radical (unpaired) electrons. The molecule has 0 bridgehead atoms. The molecule has 0 spiro atoms. The Kier molecular flexibility index (Phi) is 8.87. The maximum absolute atomic E-state index is 15.2. The van der Waals surface area contributed by atoms with Gasteiger partial charge in [0.15, 0.2) is 5.65 Å². The summed E-state index contributed by atoms with van der Waals surface area (Å²) in [5, 5.41) is 5.18. The molecule has 2 fully saturated rings. The molecule has 2 aliphatic rings. The van der Waals surface area contributed by atoms with Gasteiger partial charge >= 0.3 is 12.2 Å². The van der Waals surface area contributed by atoms with Crippen LogP contribution in [0.4, 0.5) is 25.4 Å². The van der Waals surface area contributed by atoms with E-state index in [2.05, 4.69) is 20.6 Å². The number of imidazole rings is 1. The topological polar surface area (TPSA) is 151 Å². The molecule has 1 atom stereocenters. The van der Waals surface area contributed by atoms with Crippen LogP contribution in [0.25, 0.3) is 5.65 Å². The Morgan fingerprint density at radius 2 is 1.95 bits per heavy atom. The van der Waals surface area contributed by atoms with Crippen LogP contribution in [0.5, 0.6) is 0 Å². The first-order chi connectivity index (χ1) is 20.7. The summed E-state index contributed by atoms with van der Waals surface area (Å²) in [7, 11) is 0. The number of carbonyl (C=O) groups is 4. The maximum Gasteiger partial charge on any atom is 0.414 e. The minimum atomic E-state index is -0.632. The molecule has 15 heteroatoms. The average molecular weight is 597 g/mol. The number of halogens is 1. The molecule has 5 rings (SSSR count). The van der Waals surface area contributed by atoms with Crippen LogP contribution < -0.4 is 20.4 Å². The third-order valence-corrected chi connectivity index (χ3v) is 7.01. The van der Waals surface area contributed by atoms with Crippen LogP contribution in [0.2, 0.25) is 0 Å². The van der Waals surface area contributed by atoms with E-state index in [0.717, 1.165) is 0 Å². The second kappa shape index (κ2) is 12.9. The van der Waals surface area contributed by atoms with Crippen molar-refractivity contribution in [2.45, 2.75) is 20.0 Å². The zero-order valence-corrected chi connectivity index (χ0v) is 23.9. The molecule has 4 amide bonds. The molecule has 228 valence electrons. The number of amides is 4. The third kappa shape index (κ3) is 7.10. The Morgan fingerprint density at radius 1 is 1.16 bits per heavy atom. The summed E-state index contributed by atoms with van der Waals surface area (Å²) >= 11 is 0. The molecular formula is C28H33FN8O6. The van der Waals surface area contributed by atoms with Crippen molar-refractivity contribution in [3.8, 4) is 0 Å². The number of alkyl carbamates (subject to hydrolysis) is 1. The minimum absolute atomic E-state index is 0.0741. The van der Waals surface area contributed by atoms with E-state index in [1.54, 1.807) is 40.0 Å². The highest BCUT2D eigenvalue weighted by molar-refractivity contribution is 5.95. The number of hydrogen-bond acceptors (Lipinski definition) is 9. The zero-order valence-electron chi connectivity index (χ0n) is 23.9. The summed E-state index contributed by atoms with van der Waals surface area (Å²) in [6, 6.07) is 4.50. The lowest BCUT2D eigenvalue weighted by molar-refractivity contribution is -0.130. The number of anilines is 2. The molecule has 4 heterocycles. The number of aromatic nitrogens is 3. The Labute approximate surface area is 246 Å². The lowest BCUT2D eigenvalue weighted by atomic mass is 10.2. The number of rotatable bonds is 9. The van der Waals surface area contributed by atoms with Gasteiger partial charge in [0.05, 0.1) is 43.8 Å². The van der Waals surface area contributed by atoms with Crippen LogP contribution in [0.1, 0.15) is 24.3 Å². The van der Waals surface area contributed by atoms with Gasteiger partial charge in [-0.2, -0.15) is 0 Å². The van der Waals surface area contributed by atoms with Crippen LogP contribution in [-0.2, 0) is 14.3 Å². The normalized spacial score (nSPS) is 16.9. The second-order valence-corrected chi connectivity index (χ2v) is 10.6. The monoisotopic (exact) mass is 596 g/mol. The Hall–Kier alpha value is -4.95. The third-order valence-electron chi connectivity index (χ3n) is 7.01. The number of carbonyl (C=O) groups excluding carboxylic acids is 4. The molecule has 14 nitrogen and oxygen atoms in total. The van der Waals surface area contributed by atoms with Gasteiger partial charge in [0, 0.05) is 44.8 Å². The van der Waals surface area contributed by atoms with Gasteiger partial charge in [-0.1, -0.05) is 13.8 Å². The Bertz CT molecular complexity index is 1470. The van der Waals surface area contributed by atoms with E-state index >= 15 is 4.39 Å². The minimum Gasteiger partial charge on any atom is -0.449 e. The molecule has 1 unspecified atom stereocenters. The van der Waals surface area contributed by atoms with Gasteiger partial charge in [-0.05, 0) is 24.1 Å². The smallest absolute Gasteiger partial charge is 0.414 e. The van der Waals surface area contributed by atoms with Gasteiger partial charge in [-0.15, -0.1) is 0 Å². The fraction of sp³-hybridized carbons (Fsp3) is 0.429. The highest BCUT2D eigenvalue weighted by Gasteiger charge is 2.33. The summed E-state index contributed by atoms with van der Waals surface area (Å²) in [4.78, 5) is 62.3. The SMILES string of the molecule is CC(C)COC(=O)NCC1CN(c2ccc(N3CCN(C(=O)CNC(=O)c4cn5ccncc5n4)CC3)c(F)c2)C(=O)O1. The van der Waals surface area contributed by atoms with E-state index in [9.17, 15) is 19.2 Å². The van der Waals surface area contributed by atoms with E-state index in [0.29, 0.717) is 43.2 Å². The van der Waals surface area contributed by atoms with E-state index < -0.39 is 30.0 Å². The molecule has 2 aliphatic heterocycles. The highest BCUT2D eigenvalue weighted by atomic mass is 19.1. The number of hydrogen-bond donors (Lipinski definition) is 2. The predicted octanol–water partition coefficient (Wildman–Crippen LogP) is 1.65. The van der Waals surface area contributed by atoms with Crippen molar-refractivity contribution in [1.82, 2.24) is 29.9 Å². The van der Waals surface area contributed by atoms with Crippen molar-refractivity contribution in [3.05, 3.63) is 54.5 Å². The summed E-state index contributed by atoms with van der Waals surface area (Å²) in [6.45, 7) is 5.64. The predicted molar refractivity (Wildman–Crippen MR) is 152 cm³/mol. The molecule has 2 saturated heterocycles. The van der Waals surface area contributed by atoms with Crippen molar-refractivity contribution in [3.63, 3.8) is 0 Å². The lowest BCUT2D eigenvalue weighted by Crippen LogP contribution is -2.51. The first kappa shape index (κ1) is 29.5. The number of ether oxygens (including phenoxy) is 2. The Balaban J connectivity index is 1.08. The van der Waals surface area contributed by atoms with E-state index in [1.165, 1.54) is 17.2 Å². The molecule has 0 saturated carbocycles. The van der Waals surface area contributed by atoms with Gasteiger partial charge in [-0.25, -0.2) is 19.0 Å². The highest BCUT2D eigenvalue weighted by Crippen LogP contribution is 2.28. The number of piperazine rings is 1. The number of nitrogens with zero attached hydrogens (tertiary/aromatic N) is 6. The van der Waals surface area contributed by atoms with Crippen molar-refractivity contribution in [2.75, 3.05) is 62.2 Å². The first-order valence-electron chi connectivity index (χ1n) is 14.0. The molecule has 2 aromatic heterocycles. The standard InChI is InChI=1S/C28H33FN8O6/c1-18(2)17-42-27(40)32-12-20-15-37(28(41)43-20)19-3-4-23(21(29)11-19)34-7-9-35(10-8-34)25(38)14-31-26(39)22-16-36-6-5-30-13-24(36)33-22/h3-6,11,13,16,18,20H,7-10,12,14-15,17H2,1-2H3,(H,31,39)(H,32,40). The van der Waals surface area contributed by atoms with Crippen LogP contribution >= 0.6 is 0 Å². The van der Waals surface area contributed by atoms with Crippen LogP contribution in [-0.4, -0.2) is 102 Å². The van der Waals surface area contributed by atoms with Gasteiger partial charge in [0.25, 0.3) is 5.91 Å². The van der Waals surface area contributed by atoms with E-state index in [-0.39, 0.29) is 43.8 Å². The quantitative estimate of drug-likeness (QED) is 0.376. The Morgan fingerprint density at radius 3 is 2.67 bits per heavy atom. The summed E-state index contributed by atoms with van der Waals surface area (Å²) in [5.41, 5.74) is 1.39. The lowest BCUT2D eigenvalue weighted by Gasteiger charge is -2.36. The average Bonchev–Trinajstić information content (AvgIpc) is 3.61. The molecular weight excluding hydrogens is 563 g/mol. The van der Waals surface area contributed by atoms with Crippen molar-refractivity contribution in [2.24, 2.45) is 5.92 Å². The van der Waals surface area contributed by atoms with E-state index in [1.807, 2.05) is 18.7 Å². The van der Waals surface area contributed by atoms with Gasteiger partial charge < -0.3 is 34.3 Å². The van der Waals surface area contributed by atoms with Gasteiger partial charge in [0.2, 0.25) is 5.91 Å². The molecule has 3 aromatic rings. The molecule has 0 aliphatic carbocycles. The maximum atomic E-state index is 15.2. The van der Waals surface area contributed by atoms with Crippen molar-refractivity contribution >= 4 is 41.0 Å². The largest absolute Gasteiger partial charge is 0.449 e. The fourth-order valence-corrected chi connectivity index (χ4v) is 4.76. The van der Waals surface area contributed by atoms with Crippen LogP contribution in [0, 0.1) is 11.7 Å². The van der Waals surface area contributed by atoms with Gasteiger partial charge in [-0.3, -0.25) is 19.5 Å². The fourth-order valence-electron chi connectivity index (χ4n) is 4.76. The number of benzene rings is 1. The summed E-state index contributed by atoms with van der Waals surface area (Å²) < 4.78 is 27.2. The number of nitrogens with one attached hydrogen (secondary N) is 2. The second-order valence-electron chi connectivity index (χ2n) is 10.6. The zero-order chi connectivity index (χ0) is 30.5. The number of cyclic esters (lactones) is 1. The van der Waals surface area contributed by atoms with E-state index in [4.69, 9.17) is 9.47 Å². The number of fused-ring (bicyclic) bond motifs is 1. The molecule has 43 heavy (non-hydrogen) atoms. The first-order valence-corrected chi connectivity index (χ1v) is 14.0.